The smallest absolute Gasteiger partial charge is 0.338 e. The van der Waals surface area contributed by atoms with E-state index < -0.39 is 12.0 Å². The lowest BCUT2D eigenvalue weighted by atomic mass is 9.94. The molecule has 5 nitrogen and oxygen atoms in total. The second-order valence-electron chi connectivity index (χ2n) is 6.13. The molecule has 0 aromatic heterocycles. The Morgan fingerprint density at radius 1 is 1.40 bits per heavy atom. The molecular formula is C18H19ClN2O3S. The molecule has 3 rings (SSSR count). The first-order valence-corrected chi connectivity index (χ1v) is 9.46. The molecule has 0 N–H and O–H groups in total. The van der Waals surface area contributed by atoms with Crippen molar-refractivity contribution in [1.29, 1.82) is 0 Å². The van der Waals surface area contributed by atoms with Crippen molar-refractivity contribution in [2.75, 3.05) is 5.75 Å². The van der Waals surface area contributed by atoms with Gasteiger partial charge in [0.2, 0.25) is 5.91 Å². The number of carbonyl (C=O) groups excluding carboxylic acids is 2. The van der Waals surface area contributed by atoms with Crippen LogP contribution in [0.2, 0.25) is 5.02 Å². The maximum atomic E-state index is 12.8. The van der Waals surface area contributed by atoms with E-state index >= 15 is 0 Å². The van der Waals surface area contributed by atoms with E-state index in [0.29, 0.717) is 39.2 Å². The highest BCUT2D eigenvalue weighted by Gasteiger charge is 2.42. The number of hydrogen-bond donors (Lipinski definition) is 0. The van der Waals surface area contributed by atoms with Gasteiger partial charge in [-0.25, -0.2) is 9.79 Å². The normalized spacial score (nSPS) is 20.5. The zero-order chi connectivity index (χ0) is 18.1. The first-order chi connectivity index (χ1) is 11.9. The van der Waals surface area contributed by atoms with Gasteiger partial charge in [-0.3, -0.25) is 9.69 Å². The Kier molecular flexibility index (Phi) is 5.20. The fourth-order valence-electron chi connectivity index (χ4n) is 2.93. The summed E-state index contributed by atoms with van der Waals surface area (Å²) >= 11 is 7.91. The lowest BCUT2D eigenvalue weighted by molar-refractivity contribution is -0.143. The standard InChI is InChI=1S/C18H19ClN2O3S/c1-10(2)24-17(23)15-11(3)20-18-21(14(22)8-9-25-18)16(15)12-6-4-5-7-13(12)19/h4-7,10,16H,8-9H2,1-3H3. The zero-order valence-electron chi connectivity index (χ0n) is 14.3. The van der Waals surface area contributed by atoms with Gasteiger partial charge in [-0.05, 0) is 32.4 Å². The number of amidine groups is 1. The number of fused-ring (bicyclic) bond motifs is 1. The van der Waals surface area contributed by atoms with Crippen molar-refractivity contribution in [2.45, 2.75) is 39.3 Å². The van der Waals surface area contributed by atoms with Gasteiger partial charge in [0.15, 0.2) is 5.17 Å². The van der Waals surface area contributed by atoms with Crippen molar-refractivity contribution in [3.63, 3.8) is 0 Å². The number of thioether (sulfide) groups is 1. The number of nitrogens with zero attached hydrogens (tertiary/aromatic N) is 2. The van der Waals surface area contributed by atoms with Gasteiger partial charge in [-0.15, -0.1) is 0 Å². The average molecular weight is 379 g/mol. The summed E-state index contributed by atoms with van der Waals surface area (Å²) in [6.07, 6.45) is 0.132. The van der Waals surface area contributed by atoms with E-state index in [1.54, 1.807) is 31.7 Å². The van der Waals surface area contributed by atoms with E-state index in [1.165, 1.54) is 11.8 Å². The summed E-state index contributed by atoms with van der Waals surface area (Å²) < 4.78 is 5.41. The molecule has 1 unspecified atom stereocenters. The van der Waals surface area contributed by atoms with E-state index in [9.17, 15) is 9.59 Å². The summed E-state index contributed by atoms with van der Waals surface area (Å²) in [5, 5.41) is 1.11. The SMILES string of the molecule is CC1=C(C(=O)OC(C)C)C(c2ccccc2Cl)N2C(=O)CCSC2=N1. The molecule has 1 aromatic carbocycles. The first kappa shape index (κ1) is 18.0. The second kappa shape index (κ2) is 7.22. The molecule has 2 aliphatic heterocycles. The Morgan fingerprint density at radius 3 is 2.80 bits per heavy atom. The number of ether oxygens (including phenoxy) is 1. The third-order valence-corrected chi connectivity index (χ3v) is 5.27. The van der Waals surface area contributed by atoms with Crippen molar-refractivity contribution in [2.24, 2.45) is 4.99 Å². The Hall–Kier alpha value is -1.79. The van der Waals surface area contributed by atoms with Crippen LogP contribution in [0.1, 0.15) is 38.8 Å². The Bertz CT molecular complexity index is 788. The monoisotopic (exact) mass is 378 g/mol. The molecule has 0 spiro atoms. The number of esters is 1. The van der Waals surface area contributed by atoms with Gasteiger partial charge in [0.05, 0.1) is 23.4 Å². The van der Waals surface area contributed by atoms with Crippen LogP contribution in [0.3, 0.4) is 0 Å². The van der Waals surface area contributed by atoms with Crippen LogP contribution in [-0.4, -0.2) is 33.8 Å². The molecule has 2 aliphatic rings. The van der Waals surface area contributed by atoms with E-state index in [0.717, 1.165) is 0 Å². The van der Waals surface area contributed by atoms with E-state index in [1.807, 2.05) is 18.2 Å². The van der Waals surface area contributed by atoms with Crippen LogP contribution in [-0.2, 0) is 14.3 Å². The summed E-state index contributed by atoms with van der Waals surface area (Å²) in [5.74, 6) is 0.149. The van der Waals surface area contributed by atoms with Gasteiger partial charge in [0, 0.05) is 17.2 Å². The summed E-state index contributed by atoms with van der Waals surface area (Å²) in [4.78, 5) is 31.5. The van der Waals surface area contributed by atoms with Gasteiger partial charge >= 0.3 is 5.97 Å². The third kappa shape index (κ3) is 3.46. The van der Waals surface area contributed by atoms with Gasteiger partial charge in [0.1, 0.15) is 0 Å². The summed E-state index contributed by atoms with van der Waals surface area (Å²) in [5.41, 5.74) is 1.62. The quantitative estimate of drug-likeness (QED) is 0.747. The molecule has 1 amide bonds. The molecule has 25 heavy (non-hydrogen) atoms. The Labute approximate surface area is 156 Å². The minimum atomic E-state index is -0.618. The fraction of sp³-hybridized carbons (Fsp3) is 0.389. The van der Waals surface area contributed by atoms with Crippen LogP contribution < -0.4 is 0 Å². The molecule has 0 radical (unpaired) electrons. The number of benzene rings is 1. The van der Waals surface area contributed by atoms with Crippen molar-refractivity contribution in [3.8, 4) is 0 Å². The number of aliphatic imine (C=N–C) groups is 1. The minimum absolute atomic E-state index is 0.0650. The van der Waals surface area contributed by atoms with Gasteiger partial charge in [0.25, 0.3) is 0 Å². The predicted molar refractivity (Wildman–Crippen MR) is 99.5 cm³/mol. The van der Waals surface area contributed by atoms with E-state index in [2.05, 4.69) is 4.99 Å². The molecule has 0 bridgehead atoms. The highest BCUT2D eigenvalue weighted by atomic mass is 35.5. The summed E-state index contributed by atoms with van der Waals surface area (Å²) in [7, 11) is 0. The molecule has 1 atom stereocenters. The Morgan fingerprint density at radius 2 is 2.12 bits per heavy atom. The third-order valence-electron chi connectivity index (χ3n) is 3.97. The predicted octanol–water partition coefficient (Wildman–Crippen LogP) is 3.94. The largest absolute Gasteiger partial charge is 0.459 e. The molecular weight excluding hydrogens is 360 g/mol. The molecule has 0 aliphatic carbocycles. The zero-order valence-corrected chi connectivity index (χ0v) is 15.9. The first-order valence-electron chi connectivity index (χ1n) is 8.10. The Balaban J connectivity index is 2.17. The maximum absolute atomic E-state index is 12.8. The maximum Gasteiger partial charge on any atom is 0.338 e. The van der Waals surface area contributed by atoms with Crippen LogP contribution in [0.4, 0.5) is 0 Å². The summed E-state index contributed by atoms with van der Waals surface area (Å²) in [6.45, 7) is 5.35. The highest BCUT2D eigenvalue weighted by molar-refractivity contribution is 8.14. The van der Waals surface area contributed by atoms with Crippen LogP contribution in [0, 0.1) is 0 Å². The second-order valence-corrected chi connectivity index (χ2v) is 7.60. The van der Waals surface area contributed by atoms with E-state index in [-0.39, 0.29) is 12.0 Å². The highest BCUT2D eigenvalue weighted by Crippen LogP contribution is 2.42. The number of carbonyl (C=O) groups is 2. The van der Waals surface area contributed by atoms with Crippen LogP contribution in [0.15, 0.2) is 40.5 Å². The summed E-state index contributed by atoms with van der Waals surface area (Å²) in [6, 6.07) is 6.63. The molecule has 7 heteroatoms. The van der Waals surface area contributed by atoms with Gasteiger partial charge in [-0.2, -0.15) is 0 Å². The lowest BCUT2D eigenvalue weighted by Gasteiger charge is -2.39. The number of amides is 1. The topological polar surface area (TPSA) is 59.0 Å². The van der Waals surface area contributed by atoms with Gasteiger partial charge in [-0.1, -0.05) is 41.6 Å². The van der Waals surface area contributed by atoms with Crippen LogP contribution >= 0.6 is 23.4 Å². The number of allylic oxidation sites excluding steroid dienone is 1. The molecule has 2 heterocycles. The van der Waals surface area contributed by atoms with Crippen LogP contribution in [0.25, 0.3) is 0 Å². The van der Waals surface area contributed by atoms with Crippen molar-refractivity contribution >= 4 is 40.4 Å². The molecule has 1 aromatic rings. The van der Waals surface area contributed by atoms with Crippen molar-refractivity contribution in [1.82, 2.24) is 4.90 Å². The van der Waals surface area contributed by atoms with Gasteiger partial charge < -0.3 is 4.74 Å². The minimum Gasteiger partial charge on any atom is -0.459 e. The molecule has 132 valence electrons. The average Bonchev–Trinajstić information content (AvgIpc) is 2.53. The molecule has 0 saturated carbocycles. The van der Waals surface area contributed by atoms with Crippen molar-refractivity contribution in [3.05, 3.63) is 46.1 Å². The lowest BCUT2D eigenvalue weighted by Crippen LogP contribution is -2.46. The van der Waals surface area contributed by atoms with Crippen LogP contribution in [0.5, 0.6) is 0 Å². The van der Waals surface area contributed by atoms with Crippen molar-refractivity contribution < 1.29 is 14.3 Å². The number of rotatable bonds is 3. The van der Waals surface area contributed by atoms with E-state index in [4.69, 9.17) is 16.3 Å². The fourth-order valence-corrected chi connectivity index (χ4v) is 4.17. The molecule has 1 fully saturated rings. The molecule has 1 saturated heterocycles. The number of halogens is 1. The number of hydrogen-bond acceptors (Lipinski definition) is 5.